The number of hydrogen-bond donors (Lipinski definition) is 2. The molecule has 0 bridgehead atoms. The largest absolute Gasteiger partial charge is 0.350 e. The Hall–Kier alpha value is -3.94. The Morgan fingerprint density at radius 1 is 0.829 bits per heavy atom. The van der Waals surface area contributed by atoms with E-state index in [2.05, 4.69) is 10.6 Å². The van der Waals surface area contributed by atoms with E-state index >= 15 is 0 Å². The Morgan fingerprint density at radius 2 is 1.51 bits per heavy atom. The summed E-state index contributed by atoms with van der Waals surface area (Å²) in [4.78, 5) is 50.9. The van der Waals surface area contributed by atoms with E-state index < -0.39 is 11.8 Å². The second kappa shape index (κ2) is 9.74. The topological polar surface area (TPSA) is 95.6 Å². The minimum absolute atomic E-state index is 0.0747. The number of ketones is 1. The van der Waals surface area contributed by atoms with Crippen molar-refractivity contribution in [1.29, 1.82) is 0 Å². The predicted octanol–water partition coefficient (Wildman–Crippen LogP) is 5.54. The second-order valence-corrected chi connectivity index (χ2v) is 8.60. The highest BCUT2D eigenvalue weighted by Crippen LogP contribution is 2.34. The van der Waals surface area contributed by atoms with Gasteiger partial charge in [-0.05, 0) is 67.9 Å². The number of Topliss-reactive ketones (excluding diaryl/α,β-unsaturated/α-hetero) is 1. The van der Waals surface area contributed by atoms with Crippen molar-refractivity contribution in [2.75, 3.05) is 15.5 Å². The summed E-state index contributed by atoms with van der Waals surface area (Å²) < 4.78 is 0. The standard InChI is InChI=1S/C26H19Cl2N3O4/c1-14-20(27)7-4-8-21(14)31-25(34)22(28)23(26(31)35)29-18-11-9-16(10-12-18)24(33)30-19-6-3-5-17(13-19)15(2)32/h3-13,29H,1-2H3,(H,30,33). The third kappa shape index (κ3) is 4.82. The average molecular weight is 508 g/mol. The number of halogens is 2. The molecule has 1 heterocycles. The van der Waals surface area contributed by atoms with Crippen LogP contribution in [0.15, 0.2) is 77.5 Å². The molecule has 0 radical (unpaired) electrons. The van der Waals surface area contributed by atoms with E-state index in [9.17, 15) is 19.2 Å². The summed E-state index contributed by atoms with van der Waals surface area (Å²) in [5.74, 6) is -1.75. The molecule has 0 atom stereocenters. The number of anilines is 3. The van der Waals surface area contributed by atoms with Crippen LogP contribution in [0, 0.1) is 6.92 Å². The quantitative estimate of drug-likeness (QED) is 0.337. The molecule has 0 saturated carbocycles. The lowest BCUT2D eigenvalue weighted by molar-refractivity contribution is -0.120. The van der Waals surface area contributed by atoms with Crippen molar-refractivity contribution in [1.82, 2.24) is 0 Å². The molecule has 7 nitrogen and oxygen atoms in total. The van der Waals surface area contributed by atoms with Crippen LogP contribution in [0.4, 0.5) is 17.1 Å². The van der Waals surface area contributed by atoms with Crippen LogP contribution < -0.4 is 15.5 Å². The number of amides is 3. The van der Waals surface area contributed by atoms with Crippen molar-refractivity contribution in [3.63, 3.8) is 0 Å². The van der Waals surface area contributed by atoms with Crippen LogP contribution in [-0.4, -0.2) is 23.5 Å². The molecule has 0 aliphatic carbocycles. The number of carbonyl (C=O) groups excluding carboxylic acids is 4. The predicted molar refractivity (Wildman–Crippen MR) is 136 cm³/mol. The fourth-order valence-electron chi connectivity index (χ4n) is 3.54. The average Bonchev–Trinajstić information content (AvgIpc) is 3.04. The molecule has 0 fully saturated rings. The number of benzene rings is 3. The van der Waals surface area contributed by atoms with Gasteiger partial charge in [0.25, 0.3) is 17.7 Å². The summed E-state index contributed by atoms with van der Waals surface area (Å²) in [6.07, 6.45) is 0. The molecule has 0 unspecified atom stereocenters. The maximum atomic E-state index is 13.0. The van der Waals surface area contributed by atoms with Gasteiger partial charge in [0, 0.05) is 27.5 Å². The van der Waals surface area contributed by atoms with Crippen molar-refractivity contribution in [2.45, 2.75) is 13.8 Å². The third-order valence-electron chi connectivity index (χ3n) is 5.45. The van der Waals surface area contributed by atoms with Gasteiger partial charge in [-0.15, -0.1) is 0 Å². The van der Waals surface area contributed by atoms with Crippen LogP contribution in [0.2, 0.25) is 5.02 Å². The Kier molecular flexibility index (Phi) is 6.73. The van der Waals surface area contributed by atoms with Crippen LogP contribution in [0.5, 0.6) is 0 Å². The van der Waals surface area contributed by atoms with E-state index in [1.165, 1.54) is 6.92 Å². The molecule has 1 aliphatic rings. The molecule has 0 aromatic heterocycles. The van der Waals surface area contributed by atoms with Gasteiger partial charge in [0.1, 0.15) is 10.7 Å². The van der Waals surface area contributed by atoms with Crippen LogP contribution in [0.1, 0.15) is 33.2 Å². The second-order valence-electron chi connectivity index (χ2n) is 7.81. The van der Waals surface area contributed by atoms with Gasteiger partial charge in [0.05, 0.1) is 5.69 Å². The molecule has 3 amide bonds. The number of imide groups is 1. The highest BCUT2D eigenvalue weighted by Gasteiger charge is 2.39. The first-order valence-electron chi connectivity index (χ1n) is 10.5. The number of rotatable bonds is 6. The molecule has 35 heavy (non-hydrogen) atoms. The lowest BCUT2D eigenvalue weighted by Gasteiger charge is -2.18. The van der Waals surface area contributed by atoms with E-state index in [0.717, 1.165) is 4.90 Å². The molecule has 9 heteroatoms. The smallest absolute Gasteiger partial charge is 0.283 e. The van der Waals surface area contributed by atoms with Gasteiger partial charge in [0.15, 0.2) is 5.78 Å². The number of hydrogen-bond acceptors (Lipinski definition) is 5. The van der Waals surface area contributed by atoms with Crippen LogP contribution >= 0.6 is 23.2 Å². The number of carbonyl (C=O) groups is 4. The van der Waals surface area contributed by atoms with Gasteiger partial charge in [-0.25, -0.2) is 4.90 Å². The Bertz CT molecular complexity index is 1410. The Balaban J connectivity index is 1.49. The number of nitrogens with one attached hydrogen (secondary N) is 2. The van der Waals surface area contributed by atoms with Crippen LogP contribution in [0.3, 0.4) is 0 Å². The summed E-state index contributed by atoms with van der Waals surface area (Å²) in [6, 6.07) is 17.8. The maximum absolute atomic E-state index is 13.0. The van der Waals surface area contributed by atoms with Gasteiger partial charge >= 0.3 is 0 Å². The molecule has 176 valence electrons. The first-order chi connectivity index (χ1) is 16.7. The molecular weight excluding hydrogens is 489 g/mol. The van der Waals surface area contributed by atoms with Crippen LogP contribution in [-0.2, 0) is 9.59 Å². The fourth-order valence-corrected chi connectivity index (χ4v) is 3.92. The Labute approximate surface area is 211 Å². The van der Waals surface area contributed by atoms with Crippen molar-refractivity contribution < 1.29 is 19.2 Å². The summed E-state index contributed by atoms with van der Waals surface area (Å²) in [6.45, 7) is 3.16. The molecule has 3 aromatic rings. The Morgan fingerprint density at radius 3 is 2.20 bits per heavy atom. The SMILES string of the molecule is CC(=O)c1cccc(NC(=O)c2ccc(NC3=C(Cl)C(=O)N(c4cccc(Cl)c4C)C3=O)cc2)c1. The monoisotopic (exact) mass is 507 g/mol. The minimum Gasteiger partial charge on any atom is -0.350 e. The maximum Gasteiger partial charge on any atom is 0.283 e. The summed E-state index contributed by atoms with van der Waals surface area (Å²) in [7, 11) is 0. The molecule has 2 N–H and O–H groups in total. The van der Waals surface area contributed by atoms with Gasteiger partial charge < -0.3 is 10.6 Å². The molecule has 1 aliphatic heterocycles. The zero-order chi connectivity index (χ0) is 25.3. The zero-order valence-electron chi connectivity index (χ0n) is 18.7. The van der Waals surface area contributed by atoms with Crippen molar-refractivity contribution in [3.8, 4) is 0 Å². The lowest BCUT2D eigenvalue weighted by atomic mass is 10.1. The summed E-state index contributed by atoms with van der Waals surface area (Å²) >= 11 is 12.3. The first-order valence-corrected chi connectivity index (χ1v) is 11.3. The first kappa shape index (κ1) is 24.2. The molecule has 3 aromatic carbocycles. The normalized spacial score (nSPS) is 13.3. The van der Waals surface area contributed by atoms with Crippen molar-refractivity contribution >= 4 is 63.8 Å². The third-order valence-corrected chi connectivity index (χ3v) is 6.21. The molecule has 0 spiro atoms. The highest BCUT2D eigenvalue weighted by atomic mass is 35.5. The number of nitrogens with zero attached hydrogens (tertiary/aromatic N) is 1. The van der Waals surface area contributed by atoms with Crippen molar-refractivity contribution in [2.24, 2.45) is 0 Å². The minimum atomic E-state index is -0.659. The van der Waals surface area contributed by atoms with Gasteiger partial charge in [0.2, 0.25) is 0 Å². The highest BCUT2D eigenvalue weighted by molar-refractivity contribution is 6.53. The van der Waals surface area contributed by atoms with E-state index in [1.807, 2.05) is 0 Å². The summed E-state index contributed by atoms with van der Waals surface area (Å²) in [5, 5.41) is 5.79. The lowest BCUT2D eigenvalue weighted by Crippen LogP contribution is -2.32. The van der Waals surface area contributed by atoms with E-state index in [0.29, 0.717) is 38.8 Å². The van der Waals surface area contributed by atoms with Crippen LogP contribution in [0.25, 0.3) is 0 Å². The van der Waals surface area contributed by atoms with Gasteiger partial charge in [-0.2, -0.15) is 0 Å². The molecular formula is C26H19Cl2N3O4. The fraction of sp³-hybridized carbons (Fsp3) is 0.0769. The van der Waals surface area contributed by atoms with E-state index in [1.54, 1.807) is 73.7 Å². The van der Waals surface area contributed by atoms with Gasteiger partial charge in [-0.1, -0.05) is 41.4 Å². The zero-order valence-corrected chi connectivity index (χ0v) is 20.2. The van der Waals surface area contributed by atoms with Gasteiger partial charge in [-0.3, -0.25) is 19.2 Å². The van der Waals surface area contributed by atoms with E-state index in [4.69, 9.17) is 23.2 Å². The van der Waals surface area contributed by atoms with E-state index in [-0.39, 0.29) is 22.4 Å². The van der Waals surface area contributed by atoms with Crippen molar-refractivity contribution in [3.05, 3.63) is 99.2 Å². The molecule has 4 rings (SSSR count). The summed E-state index contributed by atoms with van der Waals surface area (Å²) in [5.41, 5.74) is 2.65. The molecule has 0 saturated heterocycles.